The zero-order valence-corrected chi connectivity index (χ0v) is 6.20. The van der Waals surface area contributed by atoms with Crippen molar-refractivity contribution in [2.24, 2.45) is 5.92 Å². The van der Waals surface area contributed by atoms with Crippen molar-refractivity contribution < 1.29 is 0 Å². The third kappa shape index (κ3) is 1.12. The number of hydrogen-bond acceptors (Lipinski definition) is 0. The van der Waals surface area contributed by atoms with Gasteiger partial charge in [0, 0.05) is 0 Å². The van der Waals surface area contributed by atoms with Crippen LogP contribution in [-0.4, -0.2) is 17.7 Å². The van der Waals surface area contributed by atoms with Gasteiger partial charge in [0.25, 0.3) is 0 Å². The molecule has 0 heterocycles. The summed E-state index contributed by atoms with van der Waals surface area (Å²) in [6.07, 6.45) is 4.34. The van der Waals surface area contributed by atoms with Gasteiger partial charge in [-0.2, -0.15) is 0 Å². The summed E-state index contributed by atoms with van der Waals surface area (Å²) in [6, 6.07) is 0. The van der Waals surface area contributed by atoms with Crippen molar-refractivity contribution in [1.82, 2.24) is 0 Å². The van der Waals surface area contributed by atoms with Gasteiger partial charge in [-0.1, -0.05) is 0 Å². The minimum absolute atomic E-state index is 0.653. The van der Waals surface area contributed by atoms with E-state index in [1.807, 2.05) is 0 Å². The Bertz CT molecular complexity index is 86.4. The summed E-state index contributed by atoms with van der Waals surface area (Å²) < 4.78 is 0.653. The molecule has 0 saturated heterocycles. The first-order valence-electron chi connectivity index (χ1n) is 3.63. The van der Waals surface area contributed by atoms with Gasteiger partial charge in [0.15, 0.2) is 0 Å². The van der Waals surface area contributed by atoms with Crippen LogP contribution in [0, 0.1) is 5.92 Å². The molecule has 2 atom stereocenters. The van der Waals surface area contributed by atoms with Crippen molar-refractivity contribution >= 4 is 17.7 Å². The van der Waals surface area contributed by atoms with Crippen LogP contribution in [0.3, 0.4) is 0 Å². The Morgan fingerprint density at radius 1 is 1.62 bits per heavy atom. The molecule has 2 unspecified atom stereocenters. The van der Waals surface area contributed by atoms with Gasteiger partial charge in [0.05, 0.1) is 0 Å². The Labute approximate surface area is 61.2 Å². The van der Waals surface area contributed by atoms with Crippen molar-refractivity contribution in [3.63, 3.8) is 0 Å². The number of rotatable bonds is 0. The first-order chi connectivity index (χ1) is 3.63. The molecule has 0 aromatic rings. The second kappa shape index (κ2) is 2.08. The van der Waals surface area contributed by atoms with Crippen LogP contribution in [0.25, 0.3) is 0 Å². The first kappa shape index (κ1) is 6.71. The van der Waals surface area contributed by atoms with Gasteiger partial charge in [-0.05, 0) is 0 Å². The van der Waals surface area contributed by atoms with Crippen LogP contribution >= 0.6 is 0 Å². The molecule has 42 valence electrons. The van der Waals surface area contributed by atoms with E-state index in [4.69, 9.17) is 0 Å². The van der Waals surface area contributed by atoms with Crippen molar-refractivity contribution in [2.45, 2.75) is 37.2 Å². The molecule has 0 aliphatic heterocycles. The zero-order chi connectivity index (χ0) is 6.20. The van der Waals surface area contributed by atoms with E-state index >= 15 is 0 Å². The van der Waals surface area contributed by atoms with Crippen molar-refractivity contribution in [3.8, 4) is 0 Å². The van der Waals surface area contributed by atoms with Gasteiger partial charge in [-0.15, -0.1) is 0 Å². The fourth-order valence-corrected chi connectivity index (χ4v) is 1.50. The Balaban J connectivity index is 2.54. The van der Waals surface area contributed by atoms with E-state index in [2.05, 4.69) is 31.6 Å². The van der Waals surface area contributed by atoms with Crippen molar-refractivity contribution in [1.29, 1.82) is 0 Å². The maximum absolute atomic E-state index is 2.38. The molecule has 1 fully saturated rings. The van der Waals surface area contributed by atoms with Crippen LogP contribution in [0.4, 0.5) is 0 Å². The zero-order valence-electron chi connectivity index (χ0n) is 6.20. The van der Waals surface area contributed by atoms with Gasteiger partial charge in [-0.25, -0.2) is 0 Å². The van der Waals surface area contributed by atoms with Gasteiger partial charge >= 0.3 is 60.8 Å². The van der Waals surface area contributed by atoms with E-state index in [1.165, 1.54) is 19.3 Å². The third-order valence-electron chi connectivity index (χ3n) is 2.79. The molecule has 1 rings (SSSR count). The predicted molar refractivity (Wildman–Crippen MR) is 37.1 cm³/mol. The summed E-state index contributed by atoms with van der Waals surface area (Å²) in [5.41, 5.74) is 0. The first-order valence-corrected chi connectivity index (χ1v) is 3.63. The standard InChI is InChI=1S/C7H13.Li/c1-6-4-3-5-7(6)2;/h6H,3-5H2,1-2H3;. The van der Waals surface area contributed by atoms with Gasteiger partial charge in [0.2, 0.25) is 0 Å². The van der Waals surface area contributed by atoms with Crippen LogP contribution in [-0.2, 0) is 0 Å². The van der Waals surface area contributed by atoms with Crippen LogP contribution in [0.15, 0.2) is 0 Å². The van der Waals surface area contributed by atoms with E-state index in [9.17, 15) is 0 Å². The molecule has 0 bridgehead atoms. The Kier molecular flexibility index (Phi) is 1.75. The Morgan fingerprint density at radius 2 is 2.25 bits per heavy atom. The number of hydrogen-bond donors (Lipinski definition) is 0. The molecule has 8 heavy (non-hydrogen) atoms. The van der Waals surface area contributed by atoms with Crippen molar-refractivity contribution in [2.75, 3.05) is 0 Å². The van der Waals surface area contributed by atoms with E-state index in [0.717, 1.165) is 5.92 Å². The molecule has 0 aromatic carbocycles. The van der Waals surface area contributed by atoms with E-state index < -0.39 is 0 Å². The van der Waals surface area contributed by atoms with Crippen LogP contribution in [0.1, 0.15) is 33.1 Å². The molecule has 0 spiro atoms. The third-order valence-corrected chi connectivity index (χ3v) is 2.79. The molecule has 1 saturated carbocycles. The predicted octanol–water partition coefficient (Wildman–Crippen LogP) is 2.15. The van der Waals surface area contributed by atoms with Gasteiger partial charge < -0.3 is 0 Å². The molecule has 1 heteroatoms. The monoisotopic (exact) mass is 104 g/mol. The van der Waals surface area contributed by atoms with Crippen LogP contribution in [0.2, 0.25) is 4.09 Å². The summed E-state index contributed by atoms with van der Waals surface area (Å²) in [6.45, 7) is 4.75. The quantitative estimate of drug-likeness (QED) is 0.413. The second-order valence-corrected chi connectivity index (χ2v) is 3.78. The fraction of sp³-hybridized carbons (Fsp3) is 1.00. The molecule has 0 amide bonds. The second-order valence-electron chi connectivity index (χ2n) is 3.78. The average Bonchev–Trinajstić information content (AvgIpc) is 1.86. The maximum atomic E-state index is 2.38. The van der Waals surface area contributed by atoms with E-state index in [1.54, 1.807) is 0 Å². The molecule has 0 radical (unpaired) electrons. The van der Waals surface area contributed by atoms with E-state index in [0.29, 0.717) is 4.09 Å². The minimum atomic E-state index is 0.653. The van der Waals surface area contributed by atoms with Gasteiger partial charge in [-0.3, -0.25) is 0 Å². The summed E-state index contributed by atoms with van der Waals surface area (Å²) >= 11 is 2.38. The summed E-state index contributed by atoms with van der Waals surface area (Å²) in [4.78, 5) is 0. The topological polar surface area (TPSA) is 0 Å². The Morgan fingerprint density at radius 3 is 2.38 bits per heavy atom. The molecule has 0 N–H and O–H groups in total. The molecule has 0 nitrogen and oxygen atoms in total. The normalized spacial score (nSPS) is 47.8. The van der Waals surface area contributed by atoms with Crippen LogP contribution < -0.4 is 0 Å². The Hall–Kier alpha value is 0.597. The van der Waals surface area contributed by atoms with Crippen molar-refractivity contribution in [3.05, 3.63) is 0 Å². The summed E-state index contributed by atoms with van der Waals surface area (Å²) in [7, 11) is 0. The summed E-state index contributed by atoms with van der Waals surface area (Å²) in [5, 5.41) is 0. The van der Waals surface area contributed by atoms with E-state index in [-0.39, 0.29) is 0 Å². The SMILES string of the molecule is [Li][C]1(C)CCCC1C. The molecule has 1 aliphatic carbocycles. The van der Waals surface area contributed by atoms with Gasteiger partial charge in [0.1, 0.15) is 0 Å². The molecular formula is C7H13Li. The molecule has 1 aliphatic rings. The molecule has 0 aromatic heterocycles. The molecular weight excluding hydrogens is 91.0 g/mol. The average molecular weight is 104 g/mol. The fourth-order valence-electron chi connectivity index (χ4n) is 1.50. The van der Waals surface area contributed by atoms with Crippen LogP contribution in [0.5, 0.6) is 0 Å². The summed E-state index contributed by atoms with van der Waals surface area (Å²) in [5.74, 6) is 0.961.